The second kappa shape index (κ2) is 11.2. The Labute approximate surface area is 67.9 Å². The van der Waals surface area contributed by atoms with E-state index in [0.29, 0.717) is 0 Å². The first-order valence-corrected chi connectivity index (χ1v) is 3.74. The van der Waals surface area contributed by atoms with Crippen molar-refractivity contribution in [1.29, 1.82) is 0 Å². The van der Waals surface area contributed by atoms with Crippen LogP contribution < -0.4 is 10.3 Å². The molecule has 9 heteroatoms. The molecule has 0 aliphatic heterocycles. The Morgan fingerprint density at radius 3 is 0.778 bits per heavy atom. The standard InChI is InChI=1S/Li.2H3NO2S.H/c;2*1-4(2)3;/h;2*4H,(H2,1,2,3);. The molecule has 0 aromatic heterocycles. The van der Waals surface area contributed by atoms with Crippen LogP contribution in [0.5, 0.6) is 0 Å². The molecule has 0 aromatic carbocycles. The summed E-state index contributed by atoms with van der Waals surface area (Å²) in [5.41, 5.74) is 0. The second-order valence-electron chi connectivity index (χ2n) is 0.571. The van der Waals surface area contributed by atoms with E-state index in [1.54, 1.807) is 0 Å². The van der Waals surface area contributed by atoms with Gasteiger partial charge >= 0.3 is 18.9 Å². The molecule has 54 valence electrons. The van der Waals surface area contributed by atoms with Gasteiger partial charge in [0.1, 0.15) is 0 Å². The fraction of sp³-hybridized carbons (Fsp3) is 0. The summed E-state index contributed by atoms with van der Waals surface area (Å²) in [5, 5.41) is 8.13. The second-order valence-corrected chi connectivity index (χ2v) is 1.71. The zero-order valence-corrected chi connectivity index (χ0v) is 5.47. The van der Waals surface area contributed by atoms with Crippen molar-refractivity contribution in [2.75, 3.05) is 0 Å². The van der Waals surface area contributed by atoms with E-state index in [-0.39, 0.29) is 18.9 Å². The zero-order valence-electron chi connectivity index (χ0n) is 3.68. The van der Waals surface area contributed by atoms with Crippen LogP contribution in [-0.4, -0.2) is 35.7 Å². The van der Waals surface area contributed by atoms with Crippen molar-refractivity contribution in [2.24, 2.45) is 10.3 Å². The van der Waals surface area contributed by atoms with Crippen molar-refractivity contribution in [3.05, 3.63) is 0 Å². The minimum atomic E-state index is -2.62. The Morgan fingerprint density at radius 1 is 0.778 bits per heavy atom. The zero-order chi connectivity index (χ0) is 7.15. The number of hydrogen-bond acceptors (Lipinski definition) is 4. The first-order chi connectivity index (χ1) is 3.46. The SMILES string of the molecule is N[SH](=O)=O.N[SH](=O)=O.[LiH]. The summed E-state index contributed by atoms with van der Waals surface area (Å²) >= 11 is 0. The average Bonchev–Trinajstić information content (AvgIpc) is 1.25. The predicted molar refractivity (Wildman–Crippen MR) is 36.2 cm³/mol. The topological polar surface area (TPSA) is 120 Å². The molecule has 0 saturated heterocycles. The van der Waals surface area contributed by atoms with Crippen LogP contribution in [0.3, 0.4) is 0 Å². The summed E-state index contributed by atoms with van der Waals surface area (Å²) in [5.74, 6) is 0. The molecule has 4 N–H and O–H groups in total. The average molecular weight is 170 g/mol. The van der Waals surface area contributed by atoms with Crippen molar-refractivity contribution < 1.29 is 16.8 Å². The Balaban J connectivity index is -0.0000000720. The number of hydrogen-bond donors (Lipinski definition) is 4. The molecule has 0 saturated carbocycles. The monoisotopic (exact) mass is 170 g/mol. The van der Waals surface area contributed by atoms with Crippen molar-refractivity contribution >= 4 is 40.6 Å². The fourth-order valence-corrected chi connectivity index (χ4v) is 0. The fourth-order valence-electron chi connectivity index (χ4n) is 0. The third-order valence-corrected chi connectivity index (χ3v) is 0. The molecule has 0 radical (unpaired) electrons. The Hall–Kier alpha value is 0.417. The van der Waals surface area contributed by atoms with E-state index >= 15 is 0 Å². The molecule has 0 aliphatic rings. The quantitative estimate of drug-likeness (QED) is 0.221. The van der Waals surface area contributed by atoms with Gasteiger partial charge in [-0.1, -0.05) is 0 Å². The summed E-state index contributed by atoms with van der Waals surface area (Å²) in [6, 6.07) is 0. The summed E-state index contributed by atoms with van der Waals surface area (Å²) in [4.78, 5) is 0. The van der Waals surface area contributed by atoms with Gasteiger partial charge in [0.2, 0.25) is 0 Å². The van der Waals surface area contributed by atoms with Gasteiger partial charge < -0.3 is 0 Å². The molecule has 0 aliphatic carbocycles. The van der Waals surface area contributed by atoms with Crippen LogP contribution in [0.4, 0.5) is 0 Å². The van der Waals surface area contributed by atoms with Gasteiger partial charge in [-0.25, -0.2) is 27.1 Å². The van der Waals surface area contributed by atoms with Gasteiger partial charge in [0.25, 0.3) is 0 Å². The maximum atomic E-state index is 8.81. The molecule has 0 bridgehead atoms. The van der Waals surface area contributed by atoms with E-state index < -0.39 is 21.8 Å². The van der Waals surface area contributed by atoms with E-state index in [1.807, 2.05) is 0 Å². The van der Waals surface area contributed by atoms with Gasteiger partial charge in [-0.3, -0.25) is 0 Å². The van der Waals surface area contributed by atoms with Gasteiger partial charge in [-0.2, -0.15) is 0 Å². The van der Waals surface area contributed by atoms with Gasteiger partial charge in [0.05, 0.1) is 0 Å². The third-order valence-electron chi connectivity index (χ3n) is 0. The van der Waals surface area contributed by atoms with Crippen LogP contribution >= 0.6 is 0 Å². The molecule has 0 rings (SSSR count). The molecule has 6 nitrogen and oxygen atoms in total. The Morgan fingerprint density at radius 2 is 0.778 bits per heavy atom. The molecular weight excluding hydrogens is 163 g/mol. The molecule has 0 heterocycles. The van der Waals surface area contributed by atoms with E-state index in [4.69, 9.17) is 16.8 Å². The molecular formula is H7LiN2O4S2. The van der Waals surface area contributed by atoms with Crippen LogP contribution in [0.25, 0.3) is 0 Å². The van der Waals surface area contributed by atoms with Gasteiger partial charge in [0.15, 0.2) is 21.8 Å². The van der Waals surface area contributed by atoms with E-state index in [2.05, 4.69) is 10.3 Å². The van der Waals surface area contributed by atoms with Crippen molar-refractivity contribution in [3.8, 4) is 0 Å². The molecule has 0 spiro atoms. The van der Waals surface area contributed by atoms with Gasteiger partial charge in [-0.15, -0.1) is 0 Å². The maximum absolute atomic E-state index is 8.81. The van der Waals surface area contributed by atoms with Gasteiger partial charge in [0, 0.05) is 0 Å². The summed E-state index contributed by atoms with van der Waals surface area (Å²) < 4.78 is 35.3. The Kier molecular flexibility index (Phi) is 20.2. The summed E-state index contributed by atoms with van der Waals surface area (Å²) in [7, 11) is -5.24. The van der Waals surface area contributed by atoms with E-state index in [0.717, 1.165) is 0 Å². The number of rotatable bonds is 0. The molecule has 0 atom stereocenters. The van der Waals surface area contributed by atoms with Crippen molar-refractivity contribution in [3.63, 3.8) is 0 Å². The number of thiol groups is 2. The van der Waals surface area contributed by atoms with Crippen LogP contribution in [0.1, 0.15) is 0 Å². The first-order valence-electron chi connectivity index (χ1n) is 1.25. The van der Waals surface area contributed by atoms with Gasteiger partial charge in [-0.05, 0) is 0 Å². The molecule has 0 amide bonds. The number of nitrogens with two attached hydrogens (primary N) is 2. The molecule has 0 fully saturated rings. The molecule has 0 unspecified atom stereocenters. The van der Waals surface area contributed by atoms with Crippen molar-refractivity contribution in [2.45, 2.75) is 0 Å². The normalized spacial score (nSPS) is 7.56. The Bertz CT molecular complexity index is 133. The van der Waals surface area contributed by atoms with Crippen molar-refractivity contribution in [1.82, 2.24) is 0 Å². The summed E-state index contributed by atoms with van der Waals surface area (Å²) in [6.07, 6.45) is 0. The minimum absolute atomic E-state index is 0. The van der Waals surface area contributed by atoms with Crippen LogP contribution in [0, 0.1) is 0 Å². The van der Waals surface area contributed by atoms with Crippen LogP contribution in [-0.2, 0) is 21.8 Å². The van der Waals surface area contributed by atoms with Crippen LogP contribution in [0.15, 0.2) is 0 Å². The third kappa shape index (κ3) is 1990. The molecule has 9 heavy (non-hydrogen) atoms. The van der Waals surface area contributed by atoms with E-state index in [1.165, 1.54) is 0 Å². The first kappa shape index (κ1) is 16.2. The van der Waals surface area contributed by atoms with E-state index in [9.17, 15) is 0 Å². The predicted octanol–water partition coefficient (Wildman–Crippen LogP) is -3.71. The summed E-state index contributed by atoms with van der Waals surface area (Å²) in [6.45, 7) is 0. The van der Waals surface area contributed by atoms with Crippen LogP contribution in [0.2, 0.25) is 0 Å². The molecule has 0 aromatic rings.